The van der Waals surface area contributed by atoms with E-state index in [0.717, 1.165) is 9.39 Å². The molecule has 1 radical (unpaired) electrons. The molecule has 0 amide bonds. The predicted molar refractivity (Wildman–Crippen MR) is 40.5 cm³/mol. The molecule has 0 saturated carbocycles. The molecule has 0 aromatic carbocycles. The number of aromatic nitrogens is 1. The normalized spacial score (nSPS) is 9.25. The Morgan fingerprint density at radius 3 is 2.88 bits per heavy atom. The third kappa shape index (κ3) is 1.43. The van der Waals surface area contributed by atoms with Crippen LogP contribution in [0.2, 0.25) is 0 Å². The summed E-state index contributed by atoms with van der Waals surface area (Å²) in [5.74, 6) is 0. The van der Waals surface area contributed by atoms with Crippen molar-refractivity contribution in [2.24, 2.45) is 0 Å². The molecular weight excluding hydrogens is 213 g/mol. The minimum atomic E-state index is 0.933. The Balaban J connectivity index is 3.08. The molecule has 0 aliphatic rings. The topological polar surface area (TPSA) is 12.9 Å². The van der Waals surface area contributed by atoms with Crippen molar-refractivity contribution in [3.63, 3.8) is 0 Å². The first-order valence-corrected chi connectivity index (χ1v) is 3.38. The summed E-state index contributed by atoms with van der Waals surface area (Å²) in [6, 6.07) is 6.76. The van der Waals surface area contributed by atoms with Gasteiger partial charge in [-0.3, -0.25) is 0 Å². The molecule has 2 heteroatoms. The molecule has 8 heavy (non-hydrogen) atoms. The second-order valence-corrected chi connectivity index (χ2v) is 2.54. The summed E-state index contributed by atoms with van der Waals surface area (Å²) in [5, 5.41) is 0. The van der Waals surface area contributed by atoms with E-state index in [0.29, 0.717) is 0 Å². The lowest BCUT2D eigenvalue weighted by Crippen LogP contribution is -1.81. The van der Waals surface area contributed by atoms with Gasteiger partial charge < -0.3 is 0 Å². The van der Waals surface area contributed by atoms with E-state index in [1.54, 1.807) is 0 Å². The van der Waals surface area contributed by atoms with Crippen LogP contribution in [0.4, 0.5) is 0 Å². The average Bonchev–Trinajstić information content (AvgIpc) is 1.64. The Labute approximate surface area is 62.3 Å². The standard InChI is InChI=1S/C6H5IN/c1-5-3-2-4-6(7)8-5/h2-3H,1H3. The van der Waals surface area contributed by atoms with Gasteiger partial charge in [-0.05, 0) is 41.6 Å². The zero-order chi connectivity index (χ0) is 5.98. The third-order valence-corrected chi connectivity index (χ3v) is 1.35. The van der Waals surface area contributed by atoms with Crippen LogP contribution in [0.3, 0.4) is 0 Å². The van der Waals surface area contributed by atoms with Gasteiger partial charge in [0.25, 0.3) is 0 Å². The molecule has 1 aromatic rings. The molecule has 0 aliphatic heterocycles. The summed E-state index contributed by atoms with van der Waals surface area (Å²) in [5.41, 5.74) is 1.05. The molecule has 0 fully saturated rings. The van der Waals surface area contributed by atoms with Crippen molar-refractivity contribution in [3.8, 4) is 0 Å². The highest BCUT2D eigenvalue weighted by atomic mass is 127. The van der Waals surface area contributed by atoms with Crippen LogP contribution in [0.1, 0.15) is 5.69 Å². The van der Waals surface area contributed by atoms with Crippen LogP contribution in [0.5, 0.6) is 0 Å². The molecule has 1 aromatic heterocycles. The van der Waals surface area contributed by atoms with Crippen LogP contribution in [-0.4, -0.2) is 4.98 Å². The molecule has 0 N–H and O–H groups in total. The summed E-state index contributed by atoms with van der Waals surface area (Å²) in [6.45, 7) is 1.97. The first kappa shape index (κ1) is 6.01. The number of hydrogen-bond acceptors (Lipinski definition) is 1. The molecule has 41 valence electrons. The highest BCUT2D eigenvalue weighted by Crippen LogP contribution is 1.98. The van der Waals surface area contributed by atoms with Gasteiger partial charge in [0.15, 0.2) is 0 Å². The fraction of sp³-hybridized carbons (Fsp3) is 0.167. The van der Waals surface area contributed by atoms with Gasteiger partial charge in [0.05, 0.1) is 0 Å². The number of aryl methyl sites for hydroxylation is 1. The van der Waals surface area contributed by atoms with Crippen LogP contribution < -0.4 is 0 Å². The summed E-state index contributed by atoms with van der Waals surface area (Å²) < 4.78 is 0.933. The lowest BCUT2D eigenvalue weighted by Gasteiger charge is -1.87. The van der Waals surface area contributed by atoms with Gasteiger partial charge in [-0.1, -0.05) is 0 Å². The van der Waals surface area contributed by atoms with Crippen molar-refractivity contribution in [2.75, 3.05) is 0 Å². The van der Waals surface area contributed by atoms with E-state index < -0.39 is 0 Å². The Morgan fingerprint density at radius 2 is 2.50 bits per heavy atom. The maximum absolute atomic E-state index is 4.10. The van der Waals surface area contributed by atoms with E-state index >= 15 is 0 Å². The average molecular weight is 218 g/mol. The van der Waals surface area contributed by atoms with E-state index in [-0.39, 0.29) is 0 Å². The number of rotatable bonds is 0. The number of halogens is 1. The lowest BCUT2D eigenvalue weighted by atomic mass is 10.4. The minimum Gasteiger partial charge on any atom is -0.247 e. The number of hydrogen-bond donors (Lipinski definition) is 0. The Bertz CT molecular complexity index is 168. The molecule has 1 nitrogen and oxygen atoms in total. The van der Waals surface area contributed by atoms with Crippen LogP contribution in [0.25, 0.3) is 0 Å². The van der Waals surface area contributed by atoms with Gasteiger partial charge in [0.1, 0.15) is 3.70 Å². The van der Waals surface area contributed by atoms with Crippen molar-refractivity contribution in [3.05, 3.63) is 27.6 Å². The summed E-state index contributed by atoms with van der Waals surface area (Å²) in [4.78, 5) is 4.10. The van der Waals surface area contributed by atoms with Gasteiger partial charge in [-0.15, -0.1) is 0 Å². The van der Waals surface area contributed by atoms with E-state index in [1.807, 2.05) is 19.1 Å². The summed E-state index contributed by atoms with van der Waals surface area (Å²) in [7, 11) is 0. The molecule has 1 heterocycles. The van der Waals surface area contributed by atoms with Gasteiger partial charge >= 0.3 is 0 Å². The van der Waals surface area contributed by atoms with Crippen LogP contribution in [0, 0.1) is 16.7 Å². The van der Waals surface area contributed by atoms with Gasteiger partial charge in [-0.2, -0.15) is 0 Å². The predicted octanol–water partition coefficient (Wildman–Crippen LogP) is 1.79. The van der Waals surface area contributed by atoms with Crippen LogP contribution in [-0.2, 0) is 0 Å². The number of pyridine rings is 1. The Kier molecular flexibility index (Phi) is 1.83. The first-order valence-electron chi connectivity index (χ1n) is 2.30. The first-order chi connectivity index (χ1) is 3.79. The van der Waals surface area contributed by atoms with Crippen LogP contribution in [0.15, 0.2) is 12.1 Å². The van der Waals surface area contributed by atoms with Crippen molar-refractivity contribution in [2.45, 2.75) is 6.92 Å². The molecular formula is C6H5IN. The van der Waals surface area contributed by atoms with Crippen molar-refractivity contribution < 1.29 is 0 Å². The molecule has 0 spiro atoms. The summed E-state index contributed by atoms with van der Waals surface area (Å²) in [6.07, 6.45) is 0. The minimum absolute atomic E-state index is 0.933. The SMILES string of the molecule is Cc1cc[c]c(I)n1. The molecule has 0 aliphatic carbocycles. The molecule has 0 atom stereocenters. The molecule has 1 rings (SSSR count). The number of nitrogens with zero attached hydrogens (tertiary/aromatic N) is 1. The monoisotopic (exact) mass is 218 g/mol. The quantitative estimate of drug-likeness (QED) is 0.477. The fourth-order valence-electron chi connectivity index (χ4n) is 0.455. The zero-order valence-electron chi connectivity index (χ0n) is 4.48. The Hall–Kier alpha value is -0.120. The van der Waals surface area contributed by atoms with Crippen molar-refractivity contribution >= 4 is 22.6 Å². The van der Waals surface area contributed by atoms with Gasteiger partial charge in [0.2, 0.25) is 0 Å². The maximum atomic E-state index is 4.10. The largest absolute Gasteiger partial charge is 0.247 e. The van der Waals surface area contributed by atoms with E-state index in [4.69, 9.17) is 0 Å². The lowest BCUT2D eigenvalue weighted by molar-refractivity contribution is 1.16. The highest BCUT2D eigenvalue weighted by Gasteiger charge is 1.84. The third-order valence-electron chi connectivity index (χ3n) is 0.801. The van der Waals surface area contributed by atoms with Gasteiger partial charge in [-0.25, -0.2) is 4.98 Å². The molecule has 0 saturated heterocycles. The smallest absolute Gasteiger partial charge is 0.109 e. The van der Waals surface area contributed by atoms with Crippen molar-refractivity contribution in [1.29, 1.82) is 0 Å². The second kappa shape index (κ2) is 2.44. The molecule has 0 bridgehead atoms. The van der Waals surface area contributed by atoms with Crippen molar-refractivity contribution in [1.82, 2.24) is 4.98 Å². The van der Waals surface area contributed by atoms with E-state index in [2.05, 4.69) is 33.6 Å². The van der Waals surface area contributed by atoms with Crippen LogP contribution >= 0.6 is 22.6 Å². The zero-order valence-corrected chi connectivity index (χ0v) is 6.64. The second-order valence-electron chi connectivity index (χ2n) is 1.52. The van der Waals surface area contributed by atoms with E-state index in [1.165, 1.54) is 0 Å². The fourth-order valence-corrected chi connectivity index (χ4v) is 1.02. The molecule has 0 unspecified atom stereocenters. The summed E-state index contributed by atoms with van der Waals surface area (Å²) >= 11 is 2.14. The van der Waals surface area contributed by atoms with Gasteiger partial charge in [0, 0.05) is 11.8 Å². The van der Waals surface area contributed by atoms with E-state index in [9.17, 15) is 0 Å². The maximum Gasteiger partial charge on any atom is 0.109 e. The highest BCUT2D eigenvalue weighted by molar-refractivity contribution is 14.1. The Morgan fingerprint density at radius 1 is 1.75 bits per heavy atom.